The normalized spacial score (nSPS) is 40.9. The van der Waals surface area contributed by atoms with Crippen molar-refractivity contribution in [3.05, 3.63) is 12.2 Å². The van der Waals surface area contributed by atoms with Gasteiger partial charge in [0.05, 0.1) is 6.10 Å². The molecule has 138 valence electrons. The van der Waals surface area contributed by atoms with Crippen LogP contribution in [-0.4, -0.2) is 34.0 Å². The van der Waals surface area contributed by atoms with Gasteiger partial charge in [-0.3, -0.25) is 4.79 Å². The Morgan fingerprint density at radius 3 is 2.62 bits per heavy atom. The van der Waals surface area contributed by atoms with E-state index < -0.39 is 12.1 Å². The molecular weight excluding hydrogens is 304 g/mol. The van der Waals surface area contributed by atoms with Gasteiger partial charge in [0.15, 0.2) is 0 Å². The number of aliphatic carboxylic acids is 1. The largest absolute Gasteiger partial charge is 0.481 e. The fourth-order valence-corrected chi connectivity index (χ4v) is 5.57. The molecule has 24 heavy (non-hydrogen) atoms. The van der Waals surface area contributed by atoms with Gasteiger partial charge in [-0.25, -0.2) is 0 Å². The molecule has 0 saturated heterocycles. The second-order valence-electron chi connectivity index (χ2n) is 8.88. The summed E-state index contributed by atoms with van der Waals surface area (Å²) in [5, 5.41) is 29.5. The highest BCUT2D eigenvalue weighted by molar-refractivity contribution is 5.66. The van der Waals surface area contributed by atoms with E-state index in [1.165, 1.54) is 0 Å². The molecule has 0 unspecified atom stereocenters. The Bertz CT molecular complexity index is 488. The van der Waals surface area contributed by atoms with Crippen LogP contribution in [0.3, 0.4) is 0 Å². The number of hydrogen-bond donors (Lipinski definition) is 3. The second-order valence-corrected chi connectivity index (χ2v) is 8.88. The number of aliphatic hydroxyl groups excluding tert-OH is 2. The van der Waals surface area contributed by atoms with Gasteiger partial charge in [0.2, 0.25) is 0 Å². The monoisotopic (exact) mass is 338 g/mol. The number of carboxylic acid groups (broad SMARTS) is 1. The van der Waals surface area contributed by atoms with Crippen LogP contribution in [0.4, 0.5) is 0 Å². The van der Waals surface area contributed by atoms with Gasteiger partial charge in [0.25, 0.3) is 0 Å². The molecule has 3 N–H and O–H groups in total. The summed E-state index contributed by atoms with van der Waals surface area (Å²) in [6.07, 6.45) is 5.27. The molecule has 0 amide bonds. The zero-order chi connectivity index (χ0) is 18.1. The topological polar surface area (TPSA) is 77.8 Å². The summed E-state index contributed by atoms with van der Waals surface area (Å²) >= 11 is 0. The van der Waals surface area contributed by atoms with E-state index in [9.17, 15) is 15.0 Å². The number of carbonyl (C=O) groups is 1. The number of aliphatic hydroxyl groups is 2. The lowest BCUT2D eigenvalue weighted by Crippen LogP contribution is -2.54. The maximum Gasteiger partial charge on any atom is 0.303 e. The van der Waals surface area contributed by atoms with Gasteiger partial charge in [-0.15, -0.1) is 0 Å². The zero-order valence-electron chi connectivity index (χ0n) is 15.4. The van der Waals surface area contributed by atoms with Crippen molar-refractivity contribution in [3.8, 4) is 0 Å². The molecule has 6 atom stereocenters. The first-order valence-electron chi connectivity index (χ1n) is 9.33. The third-order valence-corrected chi connectivity index (χ3v) is 7.06. The molecule has 2 saturated carbocycles. The van der Waals surface area contributed by atoms with E-state index in [2.05, 4.69) is 20.4 Å². The van der Waals surface area contributed by atoms with E-state index in [1.54, 1.807) is 0 Å². The van der Waals surface area contributed by atoms with Crippen LogP contribution in [0.5, 0.6) is 0 Å². The molecule has 0 spiro atoms. The second kappa shape index (κ2) is 7.17. The number of rotatable bonds is 6. The van der Waals surface area contributed by atoms with Crippen LogP contribution in [0.15, 0.2) is 12.2 Å². The molecule has 0 heterocycles. The summed E-state index contributed by atoms with van der Waals surface area (Å²) in [5.41, 5.74) is 0.813. The quantitative estimate of drug-likeness (QED) is 0.646. The predicted molar refractivity (Wildman–Crippen MR) is 94.5 cm³/mol. The van der Waals surface area contributed by atoms with Gasteiger partial charge in [-0.2, -0.15) is 0 Å². The molecule has 0 aliphatic heterocycles. The van der Waals surface area contributed by atoms with Crippen LogP contribution < -0.4 is 0 Å². The summed E-state index contributed by atoms with van der Waals surface area (Å²) in [4.78, 5) is 10.9. The summed E-state index contributed by atoms with van der Waals surface area (Å²) in [5.74, 6) is -0.137. The molecule has 4 heteroatoms. The summed E-state index contributed by atoms with van der Waals surface area (Å²) in [6, 6.07) is 0. The smallest absolute Gasteiger partial charge is 0.303 e. The standard InChI is InChI=1S/C20H34O4/c1-13(10-18(23)24)6-7-15-14(2)16(22)11-17-19(3,12-21)8-5-9-20(15,17)4/h13,15-17,21-22H,2,5-12H2,1,3-4H3,(H,23,24)/t13-,15+,16-,17+,19+,20-/m1/s1. The lowest BCUT2D eigenvalue weighted by Gasteiger charge is -2.59. The summed E-state index contributed by atoms with van der Waals surface area (Å²) < 4.78 is 0. The molecule has 0 radical (unpaired) electrons. The minimum Gasteiger partial charge on any atom is -0.481 e. The molecule has 0 aromatic rings. The van der Waals surface area contributed by atoms with Crippen LogP contribution in [0.25, 0.3) is 0 Å². The predicted octanol–water partition coefficient (Wildman–Crippen LogP) is 3.62. The Kier molecular flexibility index (Phi) is 5.81. The fraction of sp³-hybridized carbons (Fsp3) is 0.850. The van der Waals surface area contributed by atoms with Gasteiger partial charge in [-0.1, -0.05) is 33.8 Å². The summed E-state index contributed by atoms with van der Waals surface area (Å²) in [7, 11) is 0. The lowest BCUT2D eigenvalue weighted by molar-refractivity contribution is -0.138. The van der Waals surface area contributed by atoms with Gasteiger partial charge >= 0.3 is 5.97 Å². The number of hydrogen-bond acceptors (Lipinski definition) is 3. The highest BCUT2D eigenvalue weighted by Crippen LogP contribution is 2.61. The van der Waals surface area contributed by atoms with Crippen molar-refractivity contribution in [2.24, 2.45) is 28.6 Å². The maximum absolute atomic E-state index is 10.9. The van der Waals surface area contributed by atoms with E-state index in [0.29, 0.717) is 6.42 Å². The first-order valence-corrected chi connectivity index (χ1v) is 9.33. The van der Waals surface area contributed by atoms with Crippen molar-refractivity contribution >= 4 is 5.97 Å². The minimum absolute atomic E-state index is 0.0367. The van der Waals surface area contributed by atoms with Gasteiger partial charge in [-0.05, 0) is 66.3 Å². The van der Waals surface area contributed by atoms with Crippen molar-refractivity contribution in [1.82, 2.24) is 0 Å². The average molecular weight is 338 g/mol. The first kappa shape index (κ1) is 19.5. The van der Waals surface area contributed by atoms with E-state index in [1.807, 2.05) is 6.92 Å². The minimum atomic E-state index is -0.750. The number of carboxylic acids is 1. The molecular formula is C20H34O4. The number of fused-ring (bicyclic) bond motifs is 1. The molecule has 0 aromatic heterocycles. The van der Waals surface area contributed by atoms with Gasteiger partial charge < -0.3 is 15.3 Å². The van der Waals surface area contributed by atoms with E-state index >= 15 is 0 Å². The fourth-order valence-electron chi connectivity index (χ4n) is 5.57. The van der Waals surface area contributed by atoms with E-state index in [-0.39, 0.29) is 41.6 Å². The van der Waals surface area contributed by atoms with Crippen molar-refractivity contribution in [2.75, 3.05) is 6.61 Å². The molecule has 2 fully saturated rings. The molecule has 2 aliphatic rings. The van der Waals surface area contributed by atoms with Crippen LogP contribution in [0.1, 0.15) is 65.7 Å². The first-order chi connectivity index (χ1) is 11.1. The Morgan fingerprint density at radius 2 is 2.04 bits per heavy atom. The van der Waals surface area contributed by atoms with Crippen LogP contribution in [-0.2, 0) is 4.79 Å². The molecule has 2 aliphatic carbocycles. The lowest BCUT2D eigenvalue weighted by atomic mass is 9.46. The molecule has 0 aromatic carbocycles. The van der Waals surface area contributed by atoms with E-state index in [4.69, 9.17) is 5.11 Å². The Morgan fingerprint density at radius 1 is 1.38 bits per heavy atom. The SMILES string of the molecule is C=C1[C@H](O)C[C@H]2[C@](C)(CO)CCC[C@]2(C)[C@H]1CC[C@@H](C)CC(=O)O. The van der Waals surface area contributed by atoms with Crippen molar-refractivity contribution < 1.29 is 20.1 Å². The van der Waals surface area contributed by atoms with Crippen molar-refractivity contribution in [3.63, 3.8) is 0 Å². The highest BCUT2D eigenvalue weighted by Gasteiger charge is 2.56. The van der Waals surface area contributed by atoms with Crippen LogP contribution in [0, 0.1) is 28.6 Å². The van der Waals surface area contributed by atoms with Gasteiger partial charge in [0, 0.05) is 13.0 Å². The molecule has 4 nitrogen and oxygen atoms in total. The third kappa shape index (κ3) is 3.55. The van der Waals surface area contributed by atoms with E-state index in [0.717, 1.165) is 37.7 Å². The van der Waals surface area contributed by atoms with Crippen molar-refractivity contribution in [1.29, 1.82) is 0 Å². The van der Waals surface area contributed by atoms with Crippen LogP contribution >= 0.6 is 0 Å². The zero-order valence-corrected chi connectivity index (χ0v) is 15.4. The highest BCUT2D eigenvalue weighted by atomic mass is 16.4. The average Bonchev–Trinajstić information content (AvgIpc) is 2.49. The Labute approximate surface area is 146 Å². The van der Waals surface area contributed by atoms with Crippen molar-refractivity contribution in [2.45, 2.75) is 71.8 Å². The summed E-state index contributed by atoms with van der Waals surface area (Å²) in [6.45, 7) is 10.8. The van der Waals surface area contributed by atoms with Crippen LogP contribution in [0.2, 0.25) is 0 Å². The third-order valence-electron chi connectivity index (χ3n) is 7.06. The molecule has 0 bridgehead atoms. The Balaban J connectivity index is 2.21. The Hall–Kier alpha value is -0.870. The van der Waals surface area contributed by atoms with Gasteiger partial charge in [0.1, 0.15) is 0 Å². The molecule has 2 rings (SSSR count). The maximum atomic E-state index is 10.9.